The molecule has 2 bridgehead atoms. The number of methoxy groups -OCH3 is 1. The van der Waals surface area contributed by atoms with Gasteiger partial charge in [-0.15, -0.1) is 0 Å². The van der Waals surface area contributed by atoms with Gasteiger partial charge in [-0.1, -0.05) is 18.6 Å². The van der Waals surface area contributed by atoms with Gasteiger partial charge in [0.15, 0.2) is 11.3 Å². The van der Waals surface area contributed by atoms with Crippen LogP contribution in [-0.4, -0.2) is 83.9 Å². The first-order valence-corrected chi connectivity index (χ1v) is 13.5. The van der Waals surface area contributed by atoms with Gasteiger partial charge in [0.2, 0.25) is 0 Å². The number of hydrogen-bond acceptors (Lipinski definition) is 7. The average Bonchev–Trinajstić information content (AvgIpc) is 3.29. The fraction of sp³-hybridized carbons (Fsp3) is 0.640. The fourth-order valence-electron chi connectivity index (χ4n) is 6.08. The molecule has 0 amide bonds. The fourth-order valence-corrected chi connectivity index (χ4v) is 7.44. The predicted molar refractivity (Wildman–Crippen MR) is 134 cm³/mol. The number of piperidine rings is 1. The molecule has 0 radical (unpaired) electrons. The number of rotatable bonds is 8. The van der Waals surface area contributed by atoms with Gasteiger partial charge in [0, 0.05) is 43.9 Å². The van der Waals surface area contributed by atoms with E-state index in [0.717, 1.165) is 68.2 Å². The number of para-hydroxylation sites is 2. The molecule has 1 spiro atoms. The van der Waals surface area contributed by atoms with Crippen molar-refractivity contribution in [2.45, 2.75) is 50.2 Å². The lowest BCUT2D eigenvalue weighted by Gasteiger charge is -2.55. The van der Waals surface area contributed by atoms with Gasteiger partial charge < -0.3 is 14.8 Å². The average molecular weight is 488 g/mol. The summed E-state index contributed by atoms with van der Waals surface area (Å²) in [5.41, 5.74) is 0.149. The zero-order chi connectivity index (χ0) is 23.8. The molecule has 34 heavy (non-hydrogen) atoms. The second-order valence-corrected chi connectivity index (χ2v) is 10.9. The van der Waals surface area contributed by atoms with E-state index < -0.39 is 16.4 Å². The molecule has 2 fully saturated rings. The van der Waals surface area contributed by atoms with Crippen molar-refractivity contribution >= 4 is 23.2 Å². The van der Waals surface area contributed by atoms with E-state index >= 15 is 0 Å². The van der Waals surface area contributed by atoms with E-state index in [1.54, 1.807) is 13.2 Å². The summed E-state index contributed by atoms with van der Waals surface area (Å²) in [6.45, 7) is 5.40. The molecule has 184 valence electrons. The van der Waals surface area contributed by atoms with Crippen LogP contribution in [-0.2, 0) is 4.79 Å². The zero-order valence-electron chi connectivity index (χ0n) is 20.0. The Morgan fingerprint density at radius 1 is 1.21 bits per heavy atom. The minimum atomic E-state index is -1.01. The molecule has 1 aromatic rings. The highest BCUT2D eigenvalue weighted by Gasteiger charge is 2.68. The van der Waals surface area contributed by atoms with Crippen LogP contribution in [0.15, 0.2) is 35.4 Å². The van der Waals surface area contributed by atoms with Gasteiger partial charge in [-0.2, -0.15) is 0 Å². The summed E-state index contributed by atoms with van der Waals surface area (Å²) in [5, 5.41) is 14.5. The van der Waals surface area contributed by atoms with Crippen LogP contribution in [0.1, 0.15) is 38.5 Å². The number of unbranched alkanes of at least 4 members (excludes halogenated alkanes) is 2. The summed E-state index contributed by atoms with van der Waals surface area (Å²) in [7, 11) is 1.72. The number of anilines is 1. The van der Waals surface area contributed by atoms with Crippen LogP contribution in [0.4, 0.5) is 5.69 Å². The maximum absolute atomic E-state index is 13.9. The highest BCUT2D eigenvalue weighted by molar-refractivity contribution is 8.03. The van der Waals surface area contributed by atoms with Crippen molar-refractivity contribution in [3.05, 3.63) is 45.5 Å². The predicted octanol–water partition coefficient (Wildman–Crippen LogP) is 3.50. The lowest BCUT2D eigenvalue weighted by Crippen LogP contribution is -2.73. The number of Topliss-reactive ketones (excluding diaryl/α,β-unsaturated/α-hetero) is 1. The van der Waals surface area contributed by atoms with Crippen molar-refractivity contribution in [3.63, 3.8) is 0 Å². The second kappa shape index (κ2) is 9.60. The molecule has 0 saturated carbocycles. The quantitative estimate of drug-likeness (QED) is 0.240. The first kappa shape index (κ1) is 23.8. The number of carbonyl (C=O) groups is 1. The van der Waals surface area contributed by atoms with Gasteiger partial charge in [0.25, 0.3) is 5.03 Å². The molecule has 0 aliphatic carbocycles. The van der Waals surface area contributed by atoms with Gasteiger partial charge >= 0.3 is 6.17 Å². The molecule has 1 aromatic carbocycles. The number of hydroxylamine groups is 3. The lowest BCUT2D eigenvalue weighted by atomic mass is 9.83. The van der Waals surface area contributed by atoms with Crippen LogP contribution in [0.3, 0.4) is 0 Å². The molecule has 4 aliphatic heterocycles. The normalized spacial score (nSPS) is 31.4. The van der Waals surface area contributed by atoms with Crippen LogP contribution in [0.25, 0.3) is 0 Å². The van der Waals surface area contributed by atoms with E-state index in [0.29, 0.717) is 36.6 Å². The van der Waals surface area contributed by atoms with Gasteiger partial charge in [-0.3, -0.25) is 14.3 Å². The van der Waals surface area contributed by atoms with Crippen molar-refractivity contribution in [1.82, 2.24) is 4.90 Å². The van der Waals surface area contributed by atoms with E-state index in [9.17, 15) is 14.9 Å². The maximum atomic E-state index is 13.9. The van der Waals surface area contributed by atoms with Gasteiger partial charge in [-0.25, -0.2) is 0 Å². The van der Waals surface area contributed by atoms with Crippen LogP contribution >= 0.6 is 11.8 Å². The first-order valence-electron chi connectivity index (χ1n) is 12.5. The smallest absolute Gasteiger partial charge is 0.334 e. The highest BCUT2D eigenvalue weighted by Crippen LogP contribution is 2.51. The number of carbonyl (C=O) groups excluding carboxylic acids is 1. The van der Waals surface area contributed by atoms with Crippen LogP contribution in [0.2, 0.25) is 0 Å². The van der Waals surface area contributed by atoms with Crippen LogP contribution in [0.5, 0.6) is 5.75 Å². The van der Waals surface area contributed by atoms with Crippen LogP contribution < -0.4 is 9.64 Å². The molecule has 0 aromatic heterocycles. The molecule has 5 rings (SSSR count). The largest absolute Gasteiger partial charge is 0.627 e. The summed E-state index contributed by atoms with van der Waals surface area (Å²) in [4.78, 5) is 30.6. The zero-order valence-corrected chi connectivity index (χ0v) is 20.8. The second-order valence-electron chi connectivity index (χ2n) is 9.90. The molecule has 2 saturated heterocycles. The van der Waals surface area contributed by atoms with E-state index in [2.05, 4.69) is 21.9 Å². The molecule has 9 heteroatoms. The third-order valence-electron chi connectivity index (χ3n) is 8.06. The van der Waals surface area contributed by atoms with Gasteiger partial charge in [0.1, 0.15) is 5.75 Å². The van der Waals surface area contributed by atoms with Gasteiger partial charge in [-0.05, 0) is 43.3 Å². The summed E-state index contributed by atoms with van der Waals surface area (Å²) in [6.07, 6.45) is 5.51. The van der Waals surface area contributed by atoms with E-state index in [1.165, 1.54) is 11.8 Å². The number of benzene rings is 1. The van der Waals surface area contributed by atoms with E-state index in [4.69, 9.17) is 4.74 Å². The highest BCUT2D eigenvalue weighted by atomic mass is 32.2. The third-order valence-corrected chi connectivity index (χ3v) is 9.24. The summed E-state index contributed by atoms with van der Waals surface area (Å²) in [6, 6.07) is 8.17. The number of quaternary nitrogens is 1. The Hall–Kier alpha value is -1.94. The number of nitroso groups, excluding NO2 is 1. The van der Waals surface area contributed by atoms with Crippen molar-refractivity contribution < 1.29 is 18.9 Å². The third kappa shape index (κ3) is 3.96. The Morgan fingerprint density at radius 3 is 2.79 bits per heavy atom. The minimum Gasteiger partial charge on any atom is -0.627 e. The summed E-state index contributed by atoms with van der Waals surface area (Å²) < 4.78 is 5.78. The Kier molecular flexibility index (Phi) is 6.72. The molecular weight excluding hydrogens is 452 g/mol. The molecule has 4 aliphatic rings. The number of nitrogens with zero attached hydrogens (tertiary/aromatic N) is 4. The van der Waals surface area contributed by atoms with E-state index in [1.807, 2.05) is 12.1 Å². The van der Waals surface area contributed by atoms with Crippen molar-refractivity contribution in [1.29, 1.82) is 0 Å². The molecule has 0 N–H and O–H groups in total. The molecule has 4 heterocycles. The monoisotopic (exact) mass is 487 g/mol. The Labute approximate surface area is 205 Å². The molecule has 3 atom stereocenters. The van der Waals surface area contributed by atoms with Crippen molar-refractivity contribution in [2.24, 2.45) is 0 Å². The molecular formula is C25H35N4O4S+. The summed E-state index contributed by atoms with van der Waals surface area (Å²) in [5.74, 6) is 1.38. The minimum absolute atomic E-state index is 0.0293. The lowest BCUT2D eigenvalue weighted by molar-refractivity contribution is -1.02. The Balaban J connectivity index is 1.09. The standard InChI is InChI=1S/C25H35N4O4S/c1-33-21-9-5-4-8-20(21)27-15-13-26(14-16-27)12-6-2-3-11-23-28(31)24-18-25(19-34-24)22(30)10-7-17-29(23,25)32/h4-5,8-9,18,23H,2-3,6-7,10-17,19H2,1H3/q+1. The van der Waals surface area contributed by atoms with E-state index in [-0.39, 0.29) is 5.78 Å². The number of ketones is 1. The van der Waals surface area contributed by atoms with Gasteiger partial charge in [0.05, 0.1) is 42.4 Å². The van der Waals surface area contributed by atoms with Crippen molar-refractivity contribution in [2.75, 3.05) is 57.0 Å². The number of piperazine rings is 1. The maximum Gasteiger partial charge on any atom is 0.334 e. The number of thioether (sulfide) groups is 1. The SMILES string of the molecule is COc1ccccc1N1CCN(CCCCCC2[N+](=O)C3=CC4(CS3)C(=O)CCC[N+]24[O-])CC1. The topological polar surface area (TPSA) is 75.9 Å². The number of hydrogen-bond donors (Lipinski definition) is 0. The van der Waals surface area contributed by atoms with Crippen LogP contribution in [0, 0.1) is 10.1 Å². The summed E-state index contributed by atoms with van der Waals surface area (Å²) >= 11 is 1.39. The number of ether oxygens (including phenoxy) is 1. The Bertz CT molecular complexity index is 979. The first-order chi connectivity index (χ1) is 16.5. The molecule has 8 nitrogen and oxygen atoms in total. The van der Waals surface area contributed by atoms with Crippen molar-refractivity contribution in [3.8, 4) is 5.75 Å². The molecule has 3 unspecified atom stereocenters. The Morgan fingerprint density at radius 2 is 2.00 bits per heavy atom.